The predicted molar refractivity (Wildman–Crippen MR) is 316 cm³/mol. The number of hydrogen-bond donors (Lipinski definition) is 0. The summed E-state index contributed by atoms with van der Waals surface area (Å²) in [7, 11) is 0. The van der Waals surface area contributed by atoms with E-state index in [1.807, 2.05) is 0 Å². The smallest absolute Gasteiger partial charge is 0.306 e. The largest absolute Gasteiger partial charge is 0.462 e. The first-order valence-corrected chi connectivity index (χ1v) is 31.4. The number of carbonyl (C=O) groups is 3. The second-order valence-electron chi connectivity index (χ2n) is 20.9. The van der Waals surface area contributed by atoms with Crippen molar-refractivity contribution < 1.29 is 28.6 Å². The Hall–Kier alpha value is -3.15. The van der Waals surface area contributed by atoms with Crippen LogP contribution in [-0.2, 0) is 28.6 Å². The van der Waals surface area contributed by atoms with Gasteiger partial charge in [-0.1, -0.05) is 280 Å². The Morgan fingerprint density at radius 1 is 0.288 bits per heavy atom. The monoisotopic (exact) mass is 1020 g/mol. The van der Waals surface area contributed by atoms with Crippen LogP contribution in [0.1, 0.15) is 316 Å². The van der Waals surface area contributed by atoms with Crippen molar-refractivity contribution in [3.05, 3.63) is 72.9 Å². The molecule has 6 nitrogen and oxygen atoms in total. The Labute approximate surface area is 453 Å². The molecule has 0 radical (unpaired) electrons. The molecule has 0 spiro atoms. The van der Waals surface area contributed by atoms with Crippen molar-refractivity contribution in [2.45, 2.75) is 322 Å². The van der Waals surface area contributed by atoms with Crippen LogP contribution < -0.4 is 0 Å². The molecule has 0 aromatic rings. The lowest BCUT2D eigenvalue weighted by atomic mass is 10.0. The Bertz CT molecular complexity index is 1360. The first-order valence-electron chi connectivity index (χ1n) is 31.4. The molecule has 0 amide bonds. The van der Waals surface area contributed by atoms with Crippen LogP contribution in [0.4, 0.5) is 0 Å². The van der Waals surface area contributed by atoms with Gasteiger partial charge in [0.25, 0.3) is 0 Å². The molecule has 0 aliphatic heterocycles. The summed E-state index contributed by atoms with van der Waals surface area (Å²) in [6.07, 6.45) is 79.4. The number of carbonyl (C=O) groups excluding carboxylic acids is 3. The average Bonchev–Trinajstić information content (AvgIpc) is 3.39. The van der Waals surface area contributed by atoms with Gasteiger partial charge in [0.15, 0.2) is 6.10 Å². The van der Waals surface area contributed by atoms with Gasteiger partial charge in [0, 0.05) is 19.3 Å². The summed E-state index contributed by atoms with van der Waals surface area (Å²) in [5.41, 5.74) is 0. The minimum Gasteiger partial charge on any atom is -0.462 e. The maximum atomic E-state index is 12.8. The number of rotatable bonds is 57. The molecule has 0 aliphatic rings. The van der Waals surface area contributed by atoms with Crippen molar-refractivity contribution in [3.8, 4) is 0 Å². The first-order chi connectivity index (χ1) is 36.0. The van der Waals surface area contributed by atoms with Crippen molar-refractivity contribution in [2.75, 3.05) is 13.2 Å². The summed E-state index contributed by atoms with van der Waals surface area (Å²) < 4.78 is 16.8. The third-order valence-corrected chi connectivity index (χ3v) is 13.7. The van der Waals surface area contributed by atoms with Crippen LogP contribution in [0.5, 0.6) is 0 Å². The van der Waals surface area contributed by atoms with Crippen LogP contribution in [-0.4, -0.2) is 37.2 Å². The maximum Gasteiger partial charge on any atom is 0.306 e. The minimum absolute atomic E-state index is 0.0809. The number of unbranched alkanes of at least 4 members (excludes halogenated alkanes) is 34. The molecule has 0 saturated carbocycles. The molecule has 1 atom stereocenters. The van der Waals surface area contributed by atoms with Crippen molar-refractivity contribution in [3.63, 3.8) is 0 Å². The lowest BCUT2D eigenvalue weighted by Gasteiger charge is -2.18. The van der Waals surface area contributed by atoms with Crippen LogP contribution in [0, 0.1) is 0 Å². The van der Waals surface area contributed by atoms with Crippen molar-refractivity contribution in [1.82, 2.24) is 0 Å². The van der Waals surface area contributed by atoms with Crippen molar-refractivity contribution in [2.24, 2.45) is 0 Å². The van der Waals surface area contributed by atoms with Gasteiger partial charge in [0.2, 0.25) is 0 Å². The van der Waals surface area contributed by atoms with Gasteiger partial charge in [-0.2, -0.15) is 0 Å². The highest BCUT2D eigenvalue weighted by Crippen LogP contribution is 2.17. The van der Waals surface area contributed by atoms with E-state index in [4.69, 9.17) is 14.2 Å². The van der Waals surface area contributed by atoms with E-state index in [-0.39, 0.29) is 31.1 Å². The molecule has 0 N–H and O–H groups in total. The van der Waals surface area contributed by atoms with E-state index >= 15 is 0 Å². The molecule has 0 saturated heterocycles. The zero-order valence-corrected chi connectivity index (χ0v) is 48.4. The topological polar surface area (TPSA) is 78.9 Å². The van der Waals surface area contributed by atoms with Crippen LogP contribution >= 0.6 is 0 Å². The standard InChI is InChI=1S/C67H118O6/c1-4-7-10-13-16-18-20-22-24-26-28-30-31-32-33-34-35-37-38-40-42-44-46-48-51-54-57-60-66(69)72-63-64(62-71-65(68)59-56-53-50-15-12-9-6-3)73-67(70)61-58-55-52-49-47-45-43-41-39-36-29-27-25-23-21-19-17-14-11-8-5-2/h8,11,17,19,23,25-26,28-29,36,41,43,64H,4-7,9-10,12-16,18,20-22,24,27,30-35,37-40,42,44-63H2,1-3H3/b11-8-,19-17-,25-23-,28-26-,36-29-,43-41-. The fraction of sp³-hybridized carbons (Fsp3) is 0.776. The van der Waals surface area contributed by atoms with Gasteiger partial charge in [-0.25, -0.2) is 0 Å². The van der Waals surface area contributed by atoms with Gasteiger partial charge in [-0.3, -0.25) is 14.4 Å². The Balaban J connectivity index is 4.13. The molecular formula is C67H118O6. The molecule has 0 bridgehead atoms. The lowest BCUT2D eigenvalue weighted by molar-refractivity contribution is -0.167. The second kappa shape index (κ2) is 61.4. The molecule has 0 aromatic heterocycles. The van der Waals surface area contributed by atoms with Crippen LogP contribution in [0.25, 0.3) is 0 Å². The summed E-state index contributed by atoms with van der Waals surface area (Å²) in [6, 6.07) is 0. The van der Waals surface area contributed by atoms with Crippen molar-refractivity contribution >= 4 is 17.9 Å². The highest BCUT2D eigenvalue weighted by Gasteiger charge is 2.19. The summed E-state index contributed by atoms with van der Waals surface area (Å²) >= 11 is 0. The third-order valence-electron chi connectivity index (χ3n) is 13.7. The van der Waals surface area contributed by atoms with Gasteiger partial charge in [0.1, 0.15) is 13.2 Å². The fourth-order valence-corrected chi connectivity index (χ4v) is 9.00. The molecule has 73 heavy (non-hydrogen) atoms. The van der Waals surface area contributed by atoms with Crippen LogP contribution in [0.3, 0.4) is 0 Å². The van der Waals surface area contributed by atoms with Gasteiger partial charge in [-0.15, -0.1) is 0 Å². The van der Waals surface area contributed by atoms with E-state index in [1.165, 1.54) is 167 Å². The fourth-order valence-electron chi connectivity index (χ4n) is 9.00. The first kappa shape index (κ1) is 69.8. The molecule has 0 aromatic carbocycles. The quantitative estimate of drug-likeness (QED) is 0.0261. The molecule has 1 unspecified atom stereocenters. The molecule has 422 valence electrons. The molecule has 6 heteroatoms. The zero-order chi connectivity index (χ0) is 52.9. The molecule has 0 heterocycles. The highest BCUT2D eigenvalue weighted by molar-refractivity contribution is 5.71. The lowest BCUT2D eigenvalue weighted by Crippen LogP contribution is -2.30. The normalized spacial score (nSPS) is 12.5. The predicted octanol–water partition coefficient (Wildman–Crippen LogP) is 21.3. The van der Waals surface area contributed by atoms with Gasteiger partial charge in [-0.05, 0) is 89.9 Å². The van der Waals surface area contributed by atoms with E-state index in [0.29, 0.717) is 19.3 Å². The molecule has 0 fully saturated rings. The third kappa shape index (κ3) is 59.6. The van der Waals surface area contributed by atoms with Gasteiger partial charge < -0.3 is 14.2 Å². The van der Waals surface area contributed by atoms with E-state index in [1.54, 1.807) is 0 Å². The second-order valence-corrected chi connectivity index (χ2v) is 20.9. The Morgan fingerprint density at radius 3 is 0.849 bits per heavy atom. The van der Waals surface area contributed by atoms with E-state index in [0.717, 1.165) is 109 Å². The number of ether oxygens (including phenoxy) is 3. The SMILES string of the molecule is CC/C=C\C/C=C\C/C=C\C/C=C\C/C=C\CCCCCCCC(=O)OC(COC(=O)CCCCCCCCC)COC(=O)CCCCCCCCCCCCCCCCC/C=C\CCCCCCCCCC. The van der Waals surface area contributed by atoms with E-state index < -0.39 is 6.10 Å². The summed E-state index contributed by atoms with van der Waals surface area (Å²) in [6.45, 7) is 6.50. The highest BCUT2D eigenvalue weighted by atomic mass is 16.6. The van der Waals surface area contributed by atoms with Crippen LogP contribution in [0.2, 0.25) is 0 Å². The molecular weight excluding hydrogens is 901 g/mol. The summed E-state index contributed by atoms with van der Waals surface area (Å²) in [4.78, 5) is 38.0. The average molecular weight is 1020 g/mol. The number of hydrogen-bond acceptors (Lipinski definition) is 6. The van der Waals surface area contributed by atoms with E-state index in [9.17, 15) is 14.4 Å². The van der Waals surface area contributed by atoms with Crippen molar-refractivity contribution in [1.29, 1.82) is 0 Å². The Morgan fingerprint density at radius 2 is 0.534 bits per heavy atom. The Kier molecular flexibility index (Phi) is 58.7. The van der Waals surface area contributed by atoms with E-state index in [2.05, 4.69) is 93.7 Å². The van der Waals surface area contributed by atoms with Crippen LogP contribution in [0.15, 0.2) is 72.9 Å². The summed E-state index contributed by atoms with van der Waals surface area (Å²) in [5.74, 6) is -0.895. The molecule has 0 aliphatic carbocycles. The number of allylic oxidation sites excluding steroid dienone is 12. The van der Waals surface area contributed by atoms with Gasteiger partial charge >= 0.3 is 17.9 Å². The maximum absolute atomic E-state index is 12.8. The van der Waals surface area contributed by atoms with Gasteiger partial charge in [0.05, 0.1) is 0 Å². The molecule has 0 rings (SSSR count). The minimum atomic E-state index is -0.783. The summed E-state index contributed by atoms with van der Waals surface area (Å²) in [5, 5.41) is 0. The number of esters is 3. The zero-order valence-electron chi connectivity index (χ0n) is 48.4.